The molecular weight excluding hydrogens is 434 g/mol. The summed E-state index contributed by atoms with van der Waals surface area (Å²) in [5, 5.41) is 24.6. The van der Waals surface area contributed by atoms with E-state index in [4.69, 9.17) is 14.2 Å². The minimum absolute atomic E-state index is 0.184. The van der Waals surface area contributed by atoms with Crippen molar-refractivity contribution < 1.29 is 28.9 Å². The van der Waals surface area contributed by atoms with Crippen LogP contribution in [0, 0.1) is 20.2 Å². The highest BCUT2D eigenvalue weighted by atomic mass is 16.6. The number of esters is 1. The van der Waals surface area contributed by atoms with Crippen molar-refractivity contribution in [3.63, 3.8) is 0 Å². The first kappa shape index (κ1) is 28.2. The number of benzene rings is 1. The fourth-order valence-corrected chi connectivity index (χ4v) is 3.03. The maximum absolute atomic E-state index is 11.6. The molecule has 0 amide bonds. The van der Waals surface area contributed by atoms with Crippen molar-refractivity contribution in [1.82, 2.24) is 0 Å². The molecule has 11 heteroatoms. The first-order valence-electron chi connectivity index (χ1n) is 11.4. The quantitative estimate of drug-likeness (QED) is 0.125. The number of nitrogens with one attached hydrogen (secondary N) is 1. The Morgan fingerprint density at radius 1 is 0.879 bits per heavy atom. The fourth-order valence-electron chi connectivity index (χ4n) is 3.03. The van der Waals surface area contributed by atoms with E-state index in [2.05, 4.69) is 12.2 Å². The molecule has 0 heterocycles. The SMILES string of the molecule is CCCCCCCCCC(=O)OCCOCCOCCNc1ccc([N+](=O)[O-])cc1[N+](=O)[O-]. The molecule has 1 aromatic rings. The Bertz CT molecular complexity index is 730. The maximum Gasteiger partial charge on any atom is 0.305 e. The molecule has 0 saturated heterocycles. The lowest BCUT2D eigenvalue weighted by atomic mass is 10.1. The molecule has 1 rings (SSSR count). The second kappa shape index (κ2) is 17.7. The van der Waals surface area contributed by atoms with Crippen LogP contribution in [-0.2, 0) is 19.0 Å². The monoisotopic (exact) mass is 469 g/mol. The zero-order valence-electron chi connectivity index (χ0n) is 19.3. The van der Waals surface area contributed by atoms with E-state index in [1.807, 2.05) is 0 Å². The smallest absolute Gasteiger partial charge is 0.305 e. The van der Waals surface area contributed by atoms with Crippen LogP contribution in [0.4, 0.5) is 17.1 Å². The molecular formula is C22H35N3O8. The maximum atomic E-state index is 11.6. The number of nitro benzene ring substituents is 2. The van der Waals surface area contributed by atoms with E-state index in [0.717, 1.165) is 25.3 Å². The number of carbonyl (C=O) groups is 1. The zero-order valence-corrected chi connectivity index (χ0v) is 19.3. The van der Waals surface area contributed by atoms with Crippen molar-refractivity contribution in [2.75, 3.05) is 44.9 Å². The van der Waals surface area contributed by atoms with Gasteiger partial charge in [0.2, 0.25) is 0 Å². The third-order valence-electron chi connectivity index (χ3n) is 4.80. The number of nitrogens with zero attached hydrogens (tertiary/aromatic N) is 2. The standard InChI is InChI=1S/C22H35N3O8/c1-2-3-4-5-6-7-8-9-22(26)33-17-16-32-15-14-31-13-12-23-20-11-10-19(24(27)28)18-21(20)25(29)30/h10-11,18,23H,2-9,12-17H2,1H3. The number of non-ortho nitro benzene ring substituents is 1. The summed E-state index contributed by atoms with van der Waals surface area (Å²) in [6.45, 7) is 3.89. The molecule has 0 atom stereocenters. The van der Waals surface area contributed by atoms with Gasteiger partial charge in [-0.15, -0.1) is 0 Å². The first-order chi connectivity index (χ1) is 16.0. The summed E-state index contributed by atoms with van der Waals surface area (Å²) in [7, 11) is 0. The van der Waals surface area contributed by atoms with Gasteiger partial charge in [-0.2, -0.15) is 0 Å². The third kappa shape index (κ3) is 13.4. The van der Waals surface area contributed by atoms with Gasteiger partial charge in [0.1, 0.15) is 12.3 Å². The van der Waals surface area contributed by atoms with Crippen molar-refractivity contribution in [2.45, 2.75) is 58.3 Å². The number of rotatable bonds is 20. The molecule has 33 heavy (non-hydrogen) atoms. The molecule has 0 aliphatic carbocycles. The molecule has 0 aliphatic heterocycles. The molecule has 186 valence electrons. The number of anilines is 1. The summed E-state index contributed by atoms with van der Waals surface area (Å²) in [6, 6.07) is 3.41. The molecule has 0 saturated carbocycles. The Morgan fingerprint density at radius 2 is 1.52 bits per heavy atom. The van der Waals surface area contributed by atoms with Gasteiger partial charge < -0.3 is 19.5 Å². The second-order valence-electron chi connectivity index (χ2n) is 7.46. The van der Waals surface area contributed by atoms with E-state index in [9.17, 15) is 25.0 Å². The van der Waals surface area contributed by atoms with Crippen LogP contribution in [0.15, 0.2) is 18.2 Å². The summed E-state index contributed by atoms with van der Waals surface area (Å²) in [5.41, 5.74) is -0.526. The van der Waals surface area contributed by atoms with Gasteiger partial charge in [-0.3, -0.25) is 25.0 Å². The highest BCUT2D eigenvalue weighted by Gasteiger charge is 2.18. The molecule has 0 unspecified atom stereocenters. The van der Waals surface area contributed by atoms with Gasteiger partial charge in [-0.25, -0.2) is 0 Å². The molecule has 0 bridgehead atoms. The predicted molar refractivity (Wildman–Crippen MR) is 123 cm³/mol. The molecule has 0 aromatic heterocycles. The van der Waals surface area contributed by atoms with E-state index in [1.165, 1.54) is 37.8 Å². The van der Waals surface area contributed by atoms with E-state index in [-0.39, 0.29) is 42.8 Å². The van der Waals surface area contributed by atoms with Crippen LogP contribution in [0.25, 0.3) is 0 Å². The number of unbranched alkanes of at least 4 members (excludes halogenated alkanes) is 6. The predicted octanol–water partition coefficient (Wildman–Crippen LogP) is 4.63. The van der Waals surface area contributed by atoms with Gasteiger partial charge in [0, 0.05) is 19.0 Å². The Hall–Kier alpha value is -2.79. The van der Waals surface area contributed by atoms with E-state index in [0.29, 0.717) is 26.2 Å². The van der Waals surface area contributed by atoms with Gasteiger partial charge in [0.25, 0.3) is 11.4 Å². The largest absolute Gasteiger partial charge is 0.463 e. The van der Waals surface area contributed by atoms with Crippen molar-refractivity contribution in [3.05, 3.63) is 38.4 Å². The van der Waals surface area contributed by atoms with Crippen LogP contribution in [0.3, 0.4) is 0 Å². The van der Waals surface area contributed by atoms with Crippen molar-refractivity contribution in [2.24, 2.45) is 0 Å². The molecule has 11 nitrogen and oxygen atoms in total. The van der Waals surface area contributed by atoms with E-state index in [1.54, 1.807) is 0 Å². The summed E-state index contributed by atoms with van der Waals surface area (Å²) < 4.78 is 15.8. The van der Waals surface area contributed by atoms with Crippen molar-refractivity contribution >= 4 is 23.0 Å². The summed E-state index contributed by atoms with van der Waals surface area (Å²) >= 11 is 0. The lowest BCUT2D eigenvalue weighted by Gasteiger charge is -2.09. The molecule has 1 aromatic carbocycles. The van der Waals surface area contributed by atoms with Gasteiger partial charge in [0.15, 0.2) is 0 Å². The van der Waals surface area contributed by atoms with Crippen molar-refractivity contribution in [3.8, 4) is 0 Å². The van der Waals surface area contributed by atoms with Crippen LogP contribution in [-0.4, -0.2) is 55.4 Å². The van der Waals surface area contributed by atoms with Gasteiger partial charge in [-0.1, -0.05) is 45.4 Å². The molecule has 1 N–H and O–H groups in total. The Morgan fingerprint density at radius 3 is 2.18 bits per heavy atom. The van der Waals surface area contributed by atoms with Gasteiger partial charge in [-0.05, 0) is 12.5 Å². The van der Waals surface area contributed by atoms with Crippen LogP contribution < -0.4 is 5.32 Å². The van der Waals surface area contributed by atoms with E-state index >= 15 is 0 Å². The minimum Gasteiger partial charge on any atom is -0.463 e. The molecule has 0 radical (unpaired) electrons. The topological polar surface area (TPSA) is 143 Å². The zero-order chi connectivity index (χ0) is 24.3. The average molecular weight is 470 g/mol. The van der Waals surface area contributed by atoms with E-state index < -0.39 is 9.85 Å². The minimum atomic E-state index is -0.683. The Kier molecular flexibility index (Phi) is 15.2. The Balaban J connectivity index is 2.01. The summed E-state index contributed by atoms with van der Waals surface area (Å²) in [4.78, 5) is 32.1. The number of carbonyl (C=O) groups excluding carboxylic acids is 1. The number of hydrogen-bond donors (Lipinski definition) is 1. The first-order valence-corrected chi connectivity index (χ1v) is 11.4. The third-order valence-corrected chi connectivity index (χ3v) is 4.80. The van der Waals surface area contributed by atoms with Gasteiger partial charge in [0.05, 0.1) is 42.3 Å². The normalized spacial score (nSPS) is 10.7. The van der Waals surface area contributed by atoms with Gasteiger partial charge >= 0.3 is 5.97 Å². The molecule has 0 spiro atoms. The van der Waals surface area contributed by atoms with Crippen molar-refractivity contribution in [1.29, 1.82) is 0 Å². The summed E-state index contributed by atoms with van der Waals surface area (Å²) in [6.07, 6.45) is 8.52. The Labute approximate surface area is 194 Å². The van der Waals surface area contributed by atoms with Crippen LogP contribution in [0.5, 0.6) is 0 Å². The number of nitro groups is 2. The second-order valence-corrected chi connectivity index (χ2v) is 7.46. The lowest BCUT2D eigenvalue weighted by Crippen LogP contribution is -2.15. The lowest BCUT2D eigenvalue weighted by molar-refractivity contribution is -0.393. The number of hydrogen-bond acceptors (Lipinski definition) is 9. The summed E-state index contributed by atoms with van der Waals surface area (Å²) in [5.74, 6) is -0.199. The van der Waals surface area contributed by atoms with Crippen LogP contribution in [0.1, 0.15) is 58.3 Å². The average Bonchev–Trinajstić information content (AvgIpc) is 2.79. The molecule has 0 aliphatic rings. The number of ether oxygens (including phenoxy) is 3. The van der Waals surface area contributed by atoms with Crippen LogP contribution in [0.2, 0.25) is 0 Å². The van der Waals surface area contributed by atoms with Crippen LogP contribution >= 0.6 is 0 Å². The molecule has 0 fully saturated rings. The highest BCUT2D eigenvalue weighted by molar-refractivity contribution is 5.69. The fraction of sp³-hybridized carbons (Fsp3) is 0.682. The highest BCUT2D eigenvalue weighted by Crippen LogP contribution is 2.28.